The van der Waals surface area contributed by atoms with Gasteiger partial charge in [-0.1, -0.05) is 84.9 Å². The highest BCUT2D eigenvalue weighted by atomic mass is 32.2. The van der Waals surface area contributed by atoms with Gasteiger partial charge in [0.15, 0.2) is 0 Å². The molecule has 1 unspecified atom stereocenters. The van der Waals surface area contributed by atoms with Crippen LogP contribution in [0, 0.1) is 0 Å². The maximum absolute atomic E-state index is 13.9. The van der Waals surface area contributed by atoms with E-state index in [9.17, 15) is 30.6 Å². The lowest BCUT2D eigenvalue weighted by Gasteiger charge is -2.30. The Bertz CT molecular complexity index is 1430. The van der Waals surface area contributed by atoms with Crippen molar-refractivity contribution in [1.82, 2.24) is 4.72 Å². The van der Waals surface area contributed by atoms with Crippen molar-refractivity contribution < 1.29 is 30.6 Å². The third kappa shape index (κ3) is 7.45. The Morgan fingerprint density at radius 1 is 0.659 bits per heavy atom. The highest BCUT2D eigenvalue weighted by molar-refractivity contribution is 7.84. The molecule has 41 heavy (non-hydrogen) atoms. The summed E-state index contributed by atoms with van der Waals surface area (Å²) >= 11 is 0. The average molecular weight is 608 g/mol. The number of rotatable bonds is 7. The third-order valence-electron chi connectivity index (χ3n) is 6.24. The van der Waals surface area contributed by atoms with Gasteiger partial charge < -0.3 is 0 Å². The van der Waals surface area contributed by atoms with Crippen LogP contribution >= 0.6 is 7.92 Å². The van der Waals surface area contributed by atoms with Crippen LogP contribution in [0.2, 0.25) is 0 Å². The predicted molar refractivity (Wildman–Crippen MR) is 154 cm³/mol. The molecule has 4 aromatic carbocycles. The summed E-state index contributed by atoms with van der Waals surface area (Å²) in [5.74, 6) is 0. The molecule has 0 saturated carbocycles. The molecule has 216 valence electrons. The molecule has 2 nitrogen and oxygen atoms in total. The average Bonchev–Trinajstić information content (AvgIpc) is 2.91. The van der Waals surface area contributed by atoms with Crippen LogP contribution in [0.5, 0.6) is 0 Å². The first kappa shape index (κ1) is 30.9. The molecule has 0 aliphatic carbocycles. The minimum absolute atomic E-state index is 0.105. The van der Waals surface area contributed by atoms with Crippen molar-refractivity contribution in [1.29, 1.82) is 0 Å². The Morgan fingerprint density at radius 3 is 1.54 bits per heavy atom. The van der Waals surface area contributed by atoms with Crippen molar-refractivity contribution in [2.75, 3.05) is 0 Å². The number of hydrogen-bond donors (Lipinski definition) is 1. The largest absolute Gasteiger partial charge is 0.416 e. The summed E-state index contributed by atoms with van der Waals surface area (Å²) in [7, 11) is -3.13. The molecular formula is C31H28F6NOPS. The first-order valence-electron chi connectivity index (χ1n) is 12.6. The van der Waals surface area contributed by atoms with Gasteiger partial charge in [0, 0.05) is 0 Å². The van der Waals surface area contributed by atoms with E-state index in [1.807, 2.05) is 66.7 Å². The summed E-state index contributed by atoms with van der Waals surface area (Å²) in [4.78, 5) is 0. The Hall–Kier alpha value is -3.00. The second kappa shape index (κ2) is 12.1. The number of benzene rings is 4. The van der Waals surface area contributed by atoms with E-state index in [4.69, 9.17) is 0 Å². The number of nitrogens with one attached hydrogen (secondary N) is 1. The Balaban J connectivity index is 2.01. The van der Waals surface area contributed by atoms with E-state index in [0.29, 0.717) is 23.0 Å². The molecule has 0 aromatic heterocycles. The van der Waals surface area contributed by atoms with Crippen LogP contribution in [-0.2, 0) is 23.3 Å². The second-order valence-corrected chi connectivity index (χ2v) is 14.5. The van der Waals surface area contributed by atoms with Gasteiger partial charge in [0.05, 0.1) is 32.9 Å². The Kier molecular flexibility index (Phi) is 9.12. The summed E-state index contributed by atoms with van der Waals surface area (Å²) in [6.07, 6.45) is -10.0. The zero-order valence-corrected chi connectivity index (χ0v) is 24.1. The molecule has 10 heteroatoms. The normalized spacial score (nSPS) is 14.2. The summed E-state index contributed by atoms with van der Waals surface area (Å²) in [5, 5.41) is 2.60. The van der Waals surface area contributed by atoms with Crippen molar-refractivity contribution in [3.8, 4) is 0 Å². The zero-order chi connectivity index (χ0) is 30.0. The van der Waals surface area contributed by atoms with Crippen molar-refractivity contribution in [2.24, 2.45) is 0 Å². The number of alkyl halides is 6. The molecule has 0 heterocycles. The van der Waals surface area contributed by atoms with Crippen molar-refractivity contribution in [2.45, 2.75) is 43.9 Å². The van der Waals surface area contributed by atoms with E-state index in [2.05, 4.69) is 4.72 Å². The van der Waals surface area contributed by atoms with Crippen molar-refractivity contribution >= 4 is 34.8 Å². The summed E-state index contributed by atoms with van der Waals surface area (Å²) in [5.41, 5.74) is -2.70. The second-order valence-electron chi connectivity index (χ2n) is 10.3. The maximum atomic E-state index is 13.9. The minimum Gasteiger partial charge on any atom is -0.242 e. The highest BCUT2D eigenvalue weighted by Gasteiger charge is 2.38. The molecule has 1 N–H and O–H groups in total. The van der Waals surface area contributed by atoms with Gasteiger partial charge in [-0.25, -0.2) is 8.93 Å². The molecule has 4 rings (SSSR count). The topological polar surface area (TPSA) is 29.1 Å². The lowest BCUT2D eigenvalue weighted by molar-refractivity contribution is -0.143. The summed E-state index contributed by atoms with van der Waals surface area (Å²) in [6, 6.07) is 26.2. The fourth-order valence-electron chi connectivity index (χ4n) is 4.26. The molecule has 0 spiro atoms. The van der Waals surface area contributed by atoms with E-state index in [1.54, 1.807) is 39.0 Å². The standard InChI is InChI=1S/C31H28F6NOPS/c1-29(2,3)41(39)38-28(21-18-22(30(32,33)34)20-23(19-21)31(35,36)37)26-16-10-11-17-27(26)40(24-12-6-4-7-13-24)25-14-8-5-9-15-25/h4-20,28,38H,1-3H3/t28-,41?/m0/s1. The predicted octanol–water partition coefficient (Wildman–Crippen LogP) is 7.62. The van der Waals surface area contributed by atoms with Gasteiger partial charge >= 0.3 is 12.4 Å². The van der Waals surface area contributed by atoms with E-state index in [0.717, 1.165) is 10.6 Å². The number of hydrogen-bond acceptors (Lipinski definition) is 1. The van der Waals surface area contributed by atoms with Gasteiger partial charge in [-0.15, -0.1) is 0 Å². The minimum atomic E-state index is -5.02. The molecule has 0 bridgehead atoms. The van der Waals surface area contributed by atoms with Crippen molar-refractivity contribution in [3.63, 3.8) is 0 Å². The zero-order valence-electron chi connectivity index (χ0n) is 22.4. The van der Waals surface area contributed by atoms with Crippen molar-refractivity contribution in [3.05, 3.63) is 125 Å². The molecule has 0 amide bonds. The smallest absolute Gasteiger partial charge is 0.242 e. The van der Waals surface area contributed by atoms with Crippen LogP contribution in [0.25, 0.3) is 0 Å². The van der Waals surface area contributed by atoms with Crippen LogP contribution in [0.4, 0.5) is 26.3 Å². The van der Waals surface area contributed by atoms with Crippen LogP contribution in [0.3, 0.4) is 0 Å². The van der Waals surface area contributed by atoms with Gasteiger partial charge in [-0.3, -0.25) is 0 Å². The fourth-order valence-corrected chi connectivity index (χ4v) is 7.58. The quantitative estimate of drug-likeness (QED) is 0.170. The van der Waals surface area contributed by atoms with Crippen LogP contribution in [0.1, 0.15) is 49.1 Å². The first-order valence-corrected chi connectivity index (χ1v) is 15.1. The van der Waals surface area contributed by atoms with Gasteiger partial charge in [0.25, 0.3) is 0 Å². The van der Waals surface area contributed by atoms with Gasteiger partial charge in [-0.2, -0.15) is 26.3 Å². The molecule has 0 saturated heterocycles. The SMILES string of the molecule is CC(C)(C)S(=O)N[C@@H](c1cc(C(F)(F)F)cc(C(F)(F)F)c1)c1ccccc1P(c1ccccc1)c1ccccc1. The van der Waals surface area contributed by atoms with Gasteiger partial charge in [-0.05, 0) is 73.9 Å². The Labute approximate surface area is 239 Å². The Morgan fingerprint density at radius 2 is 1.10 bits per heavy atom. The maximum Gasteiger partial charge on any atom is 0.416 e. The summed E-state index contributed by atoms with van der Waals surface area (Å²) < 4.78 is 98.6. The molecule has 0 aliphatic rings. The van der Waals surface area contributed by atoms with Crippen LogP contribution in [0.15, 0.2) is 103 Å². The first-order chi connectivity index (χ1) is 19.2. The monoisotopic (exact) mass is 607 g/mol. The molecule has 0 aliphatic heterocycles. The van der Waals surface area contributed by atoms with E-state index < -0.39 is 53.2 Å². The molecule has 0 fully saturated rings. The fraction of sp³-hybridized carbons (Fsp3) is 0.226. The van der Waals surface area contributed by atoms with Gasteiger partial charge in [0.2, 0.25) is 0 Å². The van der Waals surface area contributed by atoms with Crippen LogP contribution in [-0.4, -0.2) is 8.96 Å². The number of halogens is 6. The molecular weight excluding hydrogens is 579 g/mol. The van der Waals surface area contributed by atoms with E-state index in [1.165, 1.54) is 0 Å². The molecule has 0 radical (unpaired) electrons. The summed E-state index contributed by atoms with van der Waals surface area (Å²) in [6.45, 7) is 5.02. The molecule has 2 atom stereocenters. The third-order valence-corrected chi connectivity index (χ3v) is 10.3. The lowest BCUT2D eigenvalue weighted by Crippen LogP contribution is -2.38. The van der Waals surface area contributed by atoms with Crippen LogP contribution < -0.4 is 20.6 Å². The van der Waals surface area contributed by atoms with E-state index in [-0.39, 0.29) is 11.6 Å². The lowest BCUT2D eigenvalue weighted by atomic mass is 9.95. The van der Waals surface area contributed by atoms with Gasteiger partial charge in [0.1, 0.15) is 0 Å². The van der Waals surface area contributed by atoms with E-state index >= 15 is 0 Å². The molecule has 4 aromatic rings. The highest BCUT2D eigenvalue weighted by Crippen LogP contribution is 2.41.